The Balaban J connectivity index is 1.95. The lowest BCUT2D eigenvalue weighted by atomic mass is 10.2. The first-order valence-corrected chi connectivity index (χ1v) is 8.40. The van der Waals surface area contributed by atoms with Gasteiger partial charge in [-0.3, -0.25) is 9.59 Å². The van der Waals surface area contributed by atoms with Gasteiger partial charge in [0.15, 0.2) is 0 Å². The molecule has 6 nitrogen and oxygen atoms in total. The van der Waals surface area contributed by atoms with E-state index in [4.69, 9.17) is 0 Å². The number of nitrogens with zero attached hydrogens (tertiary/aromatic N) is 3. The van der Waals surface area contributed by atoms with Crippen molar-refractivity contribution in [2.75, 3.05) is 5.32 Å². The number of hydrogen-bond donors (Lipinski definition) is 1. The molecule has 0 aliphatic rings. The number of hydrogen-bond acceptors (Lipinski definition) is 4. The maximum atomic E-state index is 13.9. The normalized spacial score (nSPS) is 12.1. The van der Waals surface area contributed by atoms with Gasteiger partial charge in [0.05, 0.1) is 11.1 Å². The number of carbonyl (C=O) groups is 1. The molecule has 1 unspecified atom stereocenters. The maximum absolute atomic E-state index is 13.9. The molecule has 0 fully saturated rings. The lowest BCUT2D eigenvalue weighted by molar-refractivity contribution is -0.119. The molecule has 1 heterocycles. The summed E-state index contributed by atoms with van der Waals surface area (Å²) in [6.45, 7) is 1.74. The lowest BCUT2D eigenvalue weighted by Gasteiger charge is -2.16. The van der Waals surface area contributed by atoms with E-state index in [2.05, 4.69) is 31.6 Å². The molecule has 3 rings (SSSR count). The van der Waals surface area contributed by atoms with E-state index in [1.807, 2.05) is 0 Å². The van der Waals surface area contributed by atoms with Crippen molar-refractivity contribution in [2.45, 2.75) is 19.4 Å². The highest BCUT2D eigenvalue weighted by atomic mass is 79.9. The van der Waals surface area contributed by atoms with Crippen LogP contribution in [0, 0.1) is 5.82 Å². The molecule has 1 aromatic heterocycles. The third-order valence-electron chi connectivity index (χ3n) is 3.76. The summed E-state index contributed by atoms with van der Waals surface area (Å²) in [6.07, 6.45) is 0.302. The Morgan fingerprint density at radius 2 is 2.08 bits per heavy atom. The van der Waals surface area contributed by atoms with E-state index in [-0.39, 0.29) is 5.69 Å². The standard InChI is InChI=1S/C17H14BrFN4O2/c1-2-15(16(24)20-14-8-7-10(18)9-12(14)19)23-17(25)11-5-3-4-6-13(11)21-22-23/h3-9,15H,2H2,1H3,(H,20,24). The topological polar surface area (TPSA) is 76.9 Å². The third kappa shape index (κ3) is 3.43. The van der Waals surface area contributed by atoms with E-state index in [9.17, 15) is 14.0 Å². The first kappa shape index (κ1) is 17.2. The summed E-state index contributed by atoms with van der Waals surface area (Å²) in [6, 6.07) is 10.2. The maximum Gasteiger partial charge on any atom is 0.278 e. The Hall–Kier alpha value is -2.61. The zero-order valence-electron chi connectivity index (χ0n) is 13.2. The van der Waals surface area contributed by atoms with E-state index in [1.165, 1.54) is 12.1 Å². The first-order valence-electron chi connectivity index (χ1n) is 7.61. The molecule has 1 amide bonds. The van der Waals surface area contributed by atoms with Crippen LogP contribution in [0.3, 0.4) is 0 Å². The van der Waals surface area contributed by atoms with E-state index in [1.54, 1.807) is 37.3 Å². The van der Waals surface area contributed by atoms with E-state index in [0.29, 0.717) is 21.8 Å². The molecule has 3 aromatic rings. The second-order valence-corrected chi connectivity index (χ2v) is 6.31. The predicted molar refractivity (Wildman–Crippen MR) is 95.9 cm³/mol. The summed E-state index contributed by atoms with van der Waals surface area (Å²) in [5.74, 6) is -1.11. The van der Waals surface area contributed by atoms with Crippen LogP contribution in [0.5, 0.6) is 0 Å². The van der Waals surface area contributed by atoms with Crippen LogP contribution in [-0.2, 0) is 4.79 Å². The molecule has 0 aliphatic heterocycles. The van der Waals surface area contributed by atoms with Crippen molar-refractivity contribution in [1.82, 2.24) is 15.0 Å². The number of aromatic nitrogens is 3. The second kappa shape index (κ2) is 7.10. The van der Waals surface area contributed by atoms with Crippen molar-refractivity contribution < 1.29 is 9.18 Å². The molecule has 1 N–H and O–H groups in total. The highest BCUT2D eigenvalue weighted by molar-refractivity contribution is 9.10. The molecule has 1 atom stereocenters. The van der Waals surface area contributed by atoms with Crippen LogP contribution in [0.1, 0.15) is 19.4 Å². The highest BCUT2D eigenvalue weighted by Gasteiger charge is 2.23. The molecular weight excluding hydrogens is 391 g/mol. The van der Waals surface area contributed by atoms with Crippen LogP contribution in [0.4, 0.5) is 10.1 Å². The van der Waals surface area contributed by atoms with Gasteiger partial charge < -0.3 is 5.32 Å². The van der Waals surface area contributed by atoms with E-state index >= 15 is 0 Å². The monoisotopic (exact) mass is 404 g/mol. The van der Waals surface area contributed by atoms with Gasteiger partial charge in [0.2, 0.25) is 5.91 Å². The molecule has 2 aromatic carbocycles. The molecule has 0 aliphatic carbocycles. The minimum absolute atomic E-state index is 0.0356. The van der Waals surface area contributed by atoms with Crippen LogP contribution in [0.15, 0.2) is 51.7 Å². The fourth-order valence-corrected chi connectivity index (χ4v) is 2.82. The molecular formula is C17H14BrFN4O2. The molecule has 0 spiro atoms. The third-order valence-corrected chi connectivity index (χ3v) is 4.26. The van der Waals surface area contributed by atoms with Gasteiger partial charge in [-0.25, -0.2) is 4.39 Å². The van der Waals surface area contributed by atoms with Crippen molar-refractivity contribution in [3.8, 4) is 0 Å². The molecule has 0 saturated heterocycles. The van der Waals surface area contributed by atoms with Gasteiger partial charge in [0, 0.05) is 4.47 Å². The molecule has 0 radical (unpaired) electrons. The highest BCUT2D eigenvalue weighted by Crippen LogP contribution is 2.21. The van der Waals surface area contributed by atoms with Gasteiger partial charge in [-0.1, -0.05) is 40.2 Å². The molecule has 25 heavy (non-hydrogen) atoms. The Kier molecular flexibility index (Phi) is 4.89. The Bertz CT molecular complexity index is 1010. The van der Waals surface area contributed by atoms with Crippen LogP contribution < -0.4 is 10.9 Å². The van der Waals surface area contributed by atoms with Crippen molar-refractivity contribution in [3.05, 3.63) is 63.1 Å². The summed E-state index contributed by atoms with van der Waals surface area (Å²) < 4.78 is 15.5. The number of carbonyl (C=O) groups excluding carboxylic acids is 1. The second-order valence-electron chi connectivity index (χ2n) is 5.39. The summed E-state index contributed by atoms with van der Waals surface area (Å²) in [7, 11) is 0. The van der Waals surface area contributed by atoms with Gasteiger partial charge >= 0.3 is 0 Å². The average Bonchev–Trinajstić information content (AvgIpc) is 2.60. The van der Waals surface area contributed by atoms with Crippen LogP contribution >= 0.6 is 15.9 Å². The average molecular weight is 405 g/mol. The quantitative estimate of drug-likeness (QED) is 0.723. The van der Waals surface area contributed by atoms with Crippen LogP contribution in [0.2, 0.25) is 0 Å². The number of amides is 1. The van der Waals surface area contributed by atoms with Gasteiger partial charge in [-0.15, -0.1) is 5.10 Å². The minimum Gasteiger partial charge on any atom is -0.322 e. The molecule has 8 heteroatoms. The largest absolute Gasteiger partial charge is 0.322 e. The predicted octanol–water partition coefficient (Wildman–Crippen LogP) is 3.28. The van der Waals surface area contributed by atoms with Crippen molar-refractivity contribution >= 4 is 38.4 Å². The zero-order chi connectivity index (χ0) is 18.0. The van der Waals surface area contributed by atoms with Gasteiger partial charge in [-0.2, -0.15) is 4.68 Å². The SMILES string of the molecule is CCC(C(=O)Nc1ccc(Br)cc1F)n1nnc2ccccc2c1=O. The first-order chi connectivity index (χ1) is 12.0. The number of rotatable bonds is 4. The van der Waals surface area contributed by atoms with Crippen molar-refractivity contribution in [3.63, 3.8) is 0 Å². The number of anilines is 1. The summed E-state index contributed by atoms with van der Waals surface area (Å²) in [5.41, 5.74) is 0.0790. The molecule has 0 saturated carbocycles. The summed E-state index contributed by atoms with van der Waals surface area (Å²) in [4.78, 5) is 25.2. The van der Waals surface area contributed by atoms with Crippen molar-refractivity contribution in [2.24, 2.45) is 0 Å². The number of nitrogens with one attached hydrogen (secondary N) is 1. The van der Waals surface area contributed by atoms with E-state index < -0.39 is 23.3 Å². The molecule has 128 valence electrons. The zero-order valence-corrected chi connectivity index (χ0v) is 14.8. The number of fused-ring (bicyclic) bond motifs is 1. The van der Waals surface area contributed by atoms with Crippen LogP contribution in [-0.4, -0.2) is 20.9 Å². The number of halogens is 2. The Morgan fingerprint density at radius 1 is 1.32 bits per heavy atom. The lowest BCUT2D eigenvalue weighted by Crippen LogP contribution is -2.35. The Morgan fingerprint density at radius 3 is 2.80 bits per heavy atom. The van der Waals surface area contributed by atoms with E-state index in [0.717, 1.165) is 4.68 Å². The number of benzene rings is 2. The van der Waals surface area contributed by atoms with Gasteiger partial charge in [0.1, 0.15) is 17.4 Å². The fraction of sp³-hybridized carbons (Fsp3) is 0.176. The minimum atomic E-state index is -0.896. The van der Waals surface area contributed by atoms with Crippen molar-refractivity contribution in [1.29, 1.82) is 0 Å². The van der Waals surface area contributed by atoms with Gasteiger partial charge in [-0.05, 0) is 36.8 Å². The smallest absolute Gasteiger partial charge is 0.278 e. The molecule has 0 bridgehead atoms. The summed E-state index contributed by atoms with van der Waals surface area (Å²) in [5, 5.41) is 10.7. The van der Waals surface area contributed by atoms with Gasteiger partial charge in [0.25, 0.3) is 5.56 Å². The fourth-order valence-electron chi connectivity index (χ4n) is 2.48. The Labute approximate surface area is 150 Å². The summed E-state index contributed by atoms with van der Waals surface area (Å²) >= 11 is 3.16. The van der Waals surface area contributed by atoms with Crippen LogP contribution in [0.25, 0.3) is 10.9 Å².